The summed E-state index contributed by atoms with van der Waals surface area (Å²) in [5, 5.41) is 3.48. The Kier molecular flexibility index (Phi) is 1.87. The molecule has 0 radical (unpaired) electrons. The fraction of sp³-hybridized carbons (Fsp3) is 0.800. The van der Waals surface area contributed by atoms with Crippen molar-refractivity contribution in [2.45, 2.75) is 19.8 Å². The van der Waals surface area contributed by atoms with Gasteiger partial charge in [0.25, 0.3) is 0 Å². The Labute approximate surface area is 74.6 Å². The maximum atomic E-state index is 3.96. The molecule has 2 nitrogen and oxygen atoms in total. The predicted octanol–water partition coefficient (Wildman–Crippen LogP) is 1.21. The Bertz CT molecular complexity index is 184. The summed E-state index contributed by atoms with van der Waals surface area (Å²) >= 11 is 0. The molecule has 2 heterocycles. The predicted molar refractivity (Wildman–Crippen MR) is 50.9 cm³/mol. The minimum absolute atomic E-state index is 0.608. The Morgan fingerprint density at radius 3 is 2.75 bits per heavy atom. The van der Waals surface area contributed by atoms with Crippen LogP contribution in [0.4, 0.5) is 0 Å². The van der Waals surface area contributed by atoms with Crippen molar-refractivity contribution in [3.05, 3.63) is 12.3 Å². The molecule has 0 unspecified atom stereocenters. The molecule has 0 aromatic heterocycles. The first-order valence-electron chi connectivity index (χ1n) is 4.83. The normalized spacial score (nSPS) is 26.9. The van der Waals surface area contributed by atoms with Crippen molar-refractivity contribution in [2.75, 3.05) is 26.2 Å². The van der Waals surface area contributed by atoms with E-state index in [9.17, 15) is 0 Å². The van der Waals surface area contributed by atoms with Gasteiger partial charge in [-0.3, -0.25) is 0 Å². The highest BCUT2D eigenvalue weighted by Gasteiger charge is 2.43. The minimum Gasteiger partial charge on any atom is -0.374 e. The molecule has 0 aromatic rings. The van der Waals surface area contributed by atoms with E-state index >= 15 is 0 Å². The molecule has 0 saturated carbocycles. The lowest BCUT2D eigenvalue weighted by atomic mass is 9.74. The molecule has 0 amide bonds. The highest BCUT2D eigenvalue weighted by Crippen LogP contribution is 2.37. The third-order valence-electron chi connectivity index (χ3n) is 3.15. The van der Waals surface area contributed by atoms with Gasteiger partial charge in [-0.25, -0.2) is 0 Å². The van der Waals surface area contributed by atoms with Crippen molar-refractivity contribution in [2.24, 2.45) is 5.41 Å². The second-order valence-electron chi connectivity index (χ2n) is 4.37. The molecule has 2 rings (SSSR count). The second-order valence-corrected chi connectivity index (χ2v) is 4.37. The van der Waals surface area contributed by atoms with Gasteiger partial charge >= 0.3 is 0 Å². The molecule has 1 N–H and O–H groups in total. The van der Waals surface area contributed by atoms with Gasteiger partial charge < -0.3 is 10.2 Å². The fourth-order valence-electron chi connectivity index (χ4n) is 2.33. The van der Waals surface area contributed by atoms with Crippen molar-refractivity contribution in [3.8, 4) is 0 Å². The lowest BCUT2D eigenvalue weighted by Gasteiger charge is -2.53. The second kappa shape index (κ2) is 2.77. The highest BCUT2D eigenvalue weighted by molar-refractivity contribution is 5.06. The first-order valence-corrected chi connectivity index (χ1v) is 4.83. The largest absolute Gasteiger partial charge is 0.374 e. The van der Waals surface area contributed by atoms with Crippen molar-refractivity contribution in [1.82, 2.24) is 10.2 Å². The van der Waals surface area contributed by atoms with Gasteiger partial charge in [-0.2, -0.15) is 0 Å². The summed E-state index contributed by atoms with van der Waals surface area (Å²) in [7, 11) is 0. The van der Waals surface area contributed by atoms with Crippen LogP contribution in [0.25, 0.3) is 0 Å². The third-order valence-corrected chi connectivity index (χ3v) is 3.15. The molecule has 2 heteroatoms. The molecule has 12 heavy (non-hydrogen) atoms. The molecule has 0 atom stereocenters. The summed E-state index contributed by atoms with van der Waals surface area (Å²) in [6.07, 6.45) is 2.76. The summed E-state index contributed by atoms with van der Waals surface area (Å²) in [6, 6.07) is 0. The summed E-state index contributed by atoms with van der Waals surface area (Å²) in [5.74, 6) is 0. The Morgan fingerprint density at radius 1 is 1.50 bits per heavy atom. The van der Waals surface area contributed by atoms with Crippen LogP contribution in [-0.2, 0) is 0 Å². The van der Waals surface area contributed by atoms with Gasteiger partial charge in [-0.1, -0.05) is 6.58 Å². The smallest absolute Gasteiger partial charge is 0.0260 e. The standard InChI is InChI=1S/C10H18N2/c1-9(2)12-7-10(8-12)4-3-5-11-6-10/h11H,1,3-8H2,2H3. The molecule has 1 spiro atoms. The highest BCUT2D eigenvalue weighted by atomic mass is 15.2. The molecule has 68 valence electrons. The van der Waals surface area contributed by atoms with Gasteiger partial charge in [-0.05, 0) is 26.3 Å². The van der Waals surface area contributed by atoms with Crippen LogP contribution < -0.4 is 5.32 Å². The van der Waals surface area contributed by atoms with Crippen molar-refractivity contribution >= 4 is 0 Å². The fourth-order valence-corrected chi connectivity index (χ4v) is 2.33. The monoisotopic (exact) mass is 166 g/mol. The van der Waals surface area contributed by atoms with Crippen molar-refractivity contribution in [3.63, 3.8) is 0 Å². The quantitative estimate of drug-likeness (QED) is 0.630. The van der Waals surface area contributed by atoms with Crippen molar-refractivity contribution in [1.29, 1.82) is 0 Å². The average molecular weight is 166 g/mol. The number of nitrogens with zero attached hydrogens (tertiary/aromatic N) is 1. The van der Waals surface area contributed by atoms with Crippen LogP contribution in [-0.4, -0.2) is 31.1 Å². The molecular weight excluding hydrogens is 148 g/mol. The molecule has 2 aliphatic heterocycles. The third kappa shape index (κ3) is 1.24. The molecule has 2 aliphatic rings. The van der Waals surface area contributed by atoms with E-state index in [4.69, 9.17) is 0 Å². The number of likely N-dealkylation sites (tertiary alicyclic amines) is 1. The van der Waals surface area contributed by atoms with E-state index in [1.807, 2.05) is 0 Å². The maximum absolute atomic E-state index is 3.96. The van der Waals surface area contributed by atoms with E-state index in [1.165, 1.54) is 44.7 Å². The van der Waals surface area contributed by atoms with Gasteiger partial charge in [0.1, 0.15) is 0 Å². The number of nitrogens with one attached hydrogen (secondary N) is 1. The molecular formula is C10H18N2. The lowest BCUT2D eigenvalue weighted by molar-refractivity contribution is 0.00844. The topological polar surface area (TPSA) is 15.3 Å². The summed E-state index contributed by atoms with van der Waals surface area (Å²) < 4.78 is 0. The summed E-state index contributed by atoms with van der Waals surface area (Å²) in [4.78, 5) is 2.38. The van der Waals surface area contributed by atoms with Gasteiger partial charge in [0, 0.05) is 30.7 Å². The molecule has 0 aromatic carbocycles. The molecule has 2 saturated heterocycles. The Balaban J connectivity index is 1.88. The Morgan fingerprint density at radius 2 is 2.25 bits per heavy atom. The van der Waals surface area contributed by atoms with Gasteiger partial charge in [0.05, 0.1) is 0 Å². The number of allylic oxidation sites excluding steroid dienone is 1. The van der Waals surface area contributed by atoms with E-state index in [2.05, 4.69) is 23.7 Å². The molecule has 0 bridgehead atoms. The van der Waals surface area contributed by atoms with Crippen LogP contribution in [0.5, 0.6) is 0 Å². The SMILES string of the molecule is C=C(C)N1CC2(CCCNC2)C1. The van der Waals surface area contributed by atoms with E-state index in [-0.39, 0.29) is 0 Å². The van der Waals surface area contributed by atoms with E-state index in [1.54, 1.807) is 0 Å². The van der Waals surface area contributed by atoms with Gasteiger partial charge in [-0.15, -0.1) is 0 Å². The number of hydrogen-bond donors (Lipinski definition) is 1. The van der Waals surface area contributed by atoms with Gasteiger partial charge in [0.15, 0.2) is 0 Å². The Hall–Kier alpha value is -0.500. The van der Waals surface area contributed by atoms with E-state index < -0.39 is 0 Å². The van der Waals surface area contributed by atoms with Crippen LogP contribution >= 0.6 is 0 Å². The van der Waals surface area contributed by atoms with Gasteiger partial charge in [0.2, 0.25) is 0 Å². The zero-order chi connectivity index (χ0) is 8.60. The number of piperidine rings is 1. The zero-order valence-corrected chi connectivity index (χ0v) is 7.90. The van der Waals surface area contributed by atoms with Crippen LogP contribution in [0.15, 0.2) is 12.3 Å². The molecule has 2 fully saturated rings. The molecule has 0 aliphatic carbocycles. The van der Waals surface area contributed by atoms with Crippen molar-refractivity contribution < 1.29 is 0 Å². The zero-order valence-electron chi connectivity index (χ0n) is 7.90. The van der Waals surface area contributed by atoms with Crippen LogP contribution in [0.3, 0.4) is 0 Å². The average Bonchev–Trinajstić information content (AvgIpc) is 2.01. The minimum atomic E-state index is 0.608. The number of rotatable bonds is 1. The maximum Gasteiger partial charge on any atom is 0.0260 e. The van der Waals surface area contributed by atoms with E-state index in [0.29, 0.717) is 5.41 Å². The summed E-state index contributed by atoms with van der Waals surface area (Å²) in [5.41, 5.74) is 1.84. The van der Waals surface area contributed by atoms with E-state index in [0.717, 1.165) is 0 Å². The summed E-state index contributed by atoms with van der Waals surface area (Å²) in [6.45, 7) is 11.0. The van der Waals surface area contributed by atoms with Crippen LogP contribution in [0.2, 0.25) is 0 Å². The first kappa shape index (κ1) is 8.11. The van der Waals surface area contributed by atoms with Crippen LogP contribution in [0, 0.1) is 5.41 Å². The van der Waals surface area contributed by atoms with Crippen LogP contribution in [0.1, 0.15) is 19.8 Å². The lowest BCUT2D eigenvalue weighted by Crippen LogP contribution is -2.61. The number of hydrogen-bond acceptors (Lipinski definition) is 2. The first-order chi connectivity index (χ1) is 5.72.